The van der Waals surface area contributed by atoms with Gasteiger partial charge in [-0.25, -0.2) is 14.4 Å². The van der Waals surface area contributed by atoms with E-state index >= 15 is 0 Å². The fourth-order valence-corrected chi connectivity index (χ4v) is 3.42. The highest BCUT2D eigenvalue weighted by molar-refractivity contribution is 5.81. The Kier molecular flexibility index (Phi) is 6.77. The Bertz CT molecular complexity index is 770. The smallest absolute Gasteiger partial charge is 0.408 e. The van der Waals surface area contributed by atoms with Gasteiger partial charge < -0.3 is 25.8 Å². The van der Waals surface area contributed by atoms with E-state index in [9.17, 15) is 19.5 Å². The number of fused-ring (bicyclic) bond motifs is 1. The van der Waals surface area contributed by atoms with E-state index in [1.54, 1.807) is 20.8 Å². The molecule has 1 aromatic carbocycles. The number of hydrogen-bond donors (Lipinski definition) is 4. The minimum absolute atomic E-state index is 0.0387. The van der Waals surface area contributed by atoms with Gasteiger partial charge in [0.2, 0.25) is 0 Å². The Hall–Kier alpha value is -2.77. The number of alkyl carbamates (subject to hydrolysis) is 1. The maximum Gasteiger partial charge on any atom is 0.408 e. The average molecular weight is 405 g/mol. The van der Waals surface area contributed by atoms with Crippen LogP contribution in [0.15, 0.2) is 24.3 Å². The molecular weight excluding hydrogens is 374 g/mol. The fraction of sp³-hybridized carbons (Fsp3) is 0.571. The van der Waals surface area contributed by atoms with E-state index in [-0.39, 0.29) is 18.0 Å². The largest absolute Gasteiger partial charge is 0.480 e. The summed E-state index contributed by atoms with van der Waals surface area (Å²) in [6, 6.07) is 6.08. The summed E-state index contributed by atoms with van der Waals surface area (Å²) in [5, 5.41) is 17.0. The van der Waals surface area contributed by atoms with Crippen LogP contribution in [-0.2, 0) is 14.9 Å². The number of urea groups is 1. The molecule has 4 N–H and O–H groups in total. The molecule has 0 bridgehead atoms. The first-order valence-electron chi connectivity index (χ1n) is 9.75. The van der Waals surface area contributed by atoms with Crippen LogP contribution in [0.5, 0.6) is 0 Å². The Morgan fingerprint density at radius 3 is 2.52 bits per heavy atom. The highest BCUT2D eigenvalue weighted by atomic mass is 16.6. The molecule has 0 fully saturated rings. The average Bonchev–Trinajstić information content (AvgIpc) is 2.59. The second-order valence-electron chi connectivity index (χ2n) is 8.95. The van der Waals surface area contributed by atoms with E-state index < -0.39 is 29.7 Å². The Labute approximate surface area is 171 Å². The van der Waals surface area contributed by atoms with E-state index in [0.29, 0.717) is 0 Å². The topological polar surface area (TPSA) is 117 Å². The van der Waals surface area contributed by atoms with E-state index in [1.807, 2.05) is 18.2 Å². The molecule has 8 nitrogen and oxygen atoms in total. The lowest BCUT2D eigenvalue weighted by molar-refractivity contribution is -0.139. The summed E-state index contributed by atoms with van der Waals surface area (Å²) in [5.41, 5.74) is 1.56. The van der Waals surface area contributed by atoms with Gasteiger partial charge in [-0.3, -0.25) is 0 Å². The van der Waals surface area contributed by atoms with Gasteiger partial charge in [0.15, 0.2) is 0 Å². The predicted octanol–water partition coefficient (Wildman–Crippen LogP) is 3.08. The van der Waals surface area contributed by atoms with Gasteiger partial charge in [0, 0.05) is 0 Å². The molecule has 8 heteroatoms. The molecule has 1 aromatic rings. The Morgan fingerprint density at radius 2 is 1.90 bits per heavy atom. The number of ether oxygens (including phenoxy) is 1. The third kappa shape index (κ3) is 6.37. The molecule has 1 unspecified atom stereocenters. The van der Waals surface area contributed by atoms with Crippen molar-refractivity contribution >= 4 is 18.1 Å². The van der Waals surface area contributed by atoms with Gasteiger partial charge in [-0.2, -0.15) is 0 Å². The fourth-order valence-electron chi connectivity index (χ4n) is 3.42. The number of nitrogens with one attached hydrogen (secondary N) is 3. The van der Waals surface area contributed by atoms with Crippen molar-refractivity contribution in [1.82, 2.24) is 16.0 Å². The van der Waals surface area contributed by atoms with Crippen molar-refractivity contribution in [2.75, 3.05) is 6.54 Å². The molecule has 2 atom stereocenters. The van der Waals surface area contributed by atoms with Crippen LogP contribution in [0.1, 0.15) is 64.6 Å². The predicted molar refractivity (Wildman–Crippen MR) is 109 cm³/mol. The van der Waals surface area contributed by atoms with Crippen LogP contribution in [0, 0.1) is 0 Å². The van der Waals surface area contributed by atoms with E-state index in [0.717, 1.165) is 18.4 Å². The van der Waals surface area contributed by atoms with Crippen LogP contribution in [-0.4, -0.2) is 41.4 Å². The number of rotatable bonds is 5. The lowest BCUT2D eigenvalue weighted by Gasteiger charge is -2.37. The molecule has 0 saturated heterocycles. The van der Waals surface area contributed by atoms with Crippen LogP contribution < -0.4 is 16.0 Å². The standard InChI is InChI=1S/C21H31N3O5/c1-20(2,3)29-19(28)24-16(17(25)26)12-22-18(27)23-15-10-11-21(4,5)14-9-7-6-8-13(14)15/h6-9,15-16H,10-12H2,1-5H3,(H,24,28)(H,25,26)(H2,22,23,27)/t15?,16-/m0/s1. The molecule has 0 radical (unpaired) electrons. The number of carbonyl (C=O) groups is 3. The third-order valence-corrected chi connectivity index (χ3v) is 4.88. The second-order valence-corrected chi connectivity index (χ2v) is 8.95. The van der Waals surface area contributed by atoms with Crippen molar-refractivity contribution in [3.63, 3.8) is 0 Å². The first kappa shape index (κ1) is 22.5. The van der Waals surface area contributed by atoms with Gasteiger partial charge in [0.25, 0.3) is 0 Å². The number of carbonyl (C=O) groups excluding carboxylic acids is 2. The van der Waals surface area contributed by atoms with Crippen molar-refractivity contribution in [1.29, 1.82) is 0 Å². The lowest BCUT2D eigenvalue weighted by Crippen LogP contribution is -2.51. The maximum absolute atomic E-state index is 12.4. The summed E-state index contributed by atoms with van der Waals surface area (Å²) >= 11 is 0. The zero-order valence-corrected chi connectivity index (χ0v) is 17.7. The first-order valence-corrected chi connectivity index (χ1v) is 9.75. The summed E-state index contributed by atoms with van der Waals surface area (Å²) in [4.78, 5) is 35.6. The van der Waals surface area contributed by atoms with Crippen molar-refractivity contribution in [3.8, 4) is 0 Å². The number of carboxylic acids is 1. The summed E-state index contributed by atoms with van der Waals surface area (Å²) in [6.45, 7) is 9.14. The van der Waals surface area contributed by atoms with E-state index in [2.05, 4.69) is 35.9 Å². The van der Waals surface area contributed by atoms with E-state index in [4.69, 9.17) is 4.74 Å². The monoisotopic (exact) mass is 405 g/mol. The number of hydrogen-bond acceptors (Lipinski definition) is 4. The van der Waals surface area contributed by atoms with Gasteiger partial charge in [0.05, 0.1) is 12.6 Å². The van der Waals surface area contributed by atoms with Crippen molar-refractivity contribution in [2.24, 2.45) is 0 Å². The zero-order valence-electron chi connectivity index (χ0n) is 17.7. The summed E-state index contributed by atoms with van der Waals surface area (Å²) in [7, 11) is 0. The molecule has 29 heavy (non-hydrogen) atoms. The molecular formula is C21H31N3O5. The Balaban J connectivity index is 1.94. The van der Waals surface area contributed by atoms with Crippen molar-refractivity contribution in [3.05, 3.63) is 35.4 Å². The lowest BCUT2D eigenvalue weighted by atomic mass is 9.71. The van der Waals surface area contributed by atoms with Gasteiger partial charge in [0.1, 0.15) is 11.6 Å². The molecule has 0 spiro atoms. The minimum Gasteiger partial charge on any atom is -0.480 e. The highest BCUT2D eigenvalue weighted by Gasteiger charge is 2.33. The van der Waals surface area contributed by atoms with Crippen LogP contribution in [0.2, 0.25) is 0 Å². The number of amides is 3. The van der Waals surface area contributed by atoms with Crippen molar-refractivity contribution < 1.29 is 24.2 Å². The van der Waals surface area contributed by atoms with Crippen molar-refractivity contribution in [2.45, 2.75) is 70.6 Å². The third-order valence-electron chi connectivity index (χ3n) is 4.88. The van der Waals surface area contributed by atoms with Crippen LogP contribution in [0.4, 0.5) is 9.59 Å². The maximum atomic E-state index is 12.4. The normalized spacial score (nSPS) is 18.7. The van der Waals surface area contributed by atoms with Crippen LogP contribution in [0.25, 0.3) is 0 Å². The molecule has 0 aromatic heterocycles. The summed E-state index contributed by atoms with van der Waals surface area (Å²) < 4.78 is 5.06. The molecule has 1 aliphatic carbocycles. The van der Waals surface area contributed by atoms with Gasteiger partial charge >= 0.3 is 18.1 Å². The van der Waals surface area contributed by atoms with Gasteiger partial charge in [-0.05, 0) is 50.2 Å². The second kappa shape index (κ2) is 8.71. The minimum atomic E-state index is -1.30. The highest BCUT2D eigenvalue weighted by Crippen LogP contribution is 2.41. The van der Waals surface area contributed by atoms with E-state index in [1.165, 1.54) is 5.56 Å². The van der Waals surface area contributed by atoms with Gasteiger partial charge in [-0.15, -0.1) is 0 Å². The first-order chi connectivity index (χ1) is 13.4. The van der Waals surface area contributed by atoms with Crippen LogP contribution in [0.3, 0.4) is 0 Å². The number of carboxylic acid groups (broad SMARTS) is 1. The molecule has 1 aliphatic rings. The quantitative estimate of drug-likeness (QED) is 0.601. The summed E-state index contributed by atoms with van der Waals surface area (Å²) in [5.74, 6) is -1.26. The molecule has 0 saturated carbocycles. The van der Waals surface area contributed by atoms with Gasteiger partial charge in [-0.1, -0.05) is 38.1 Å². The SMILES string of the molecule is CC(C)(C)OC(=O)N[C@@H](CNC(=O)NC1CCC(C)(C)c2ccccc21)C(=O)O. The molecule has 160 valence electrons. The molecule has 0 aliphatic heterocycles. The van der Waals surface area contributed by atoms with Crippen LogP contribution >= 0.6 is 0 Å². The molecule has 2 rings (SSSR count). The zero-order chi connectivity index (χ0) is 21.8. The molecule has 3 amide bonds. The molecule has 0 heterocycles. The number of benzene rings is 1. The Morgan fingerprint density at radius 1 is 1.24 bits per heavy atom. The summed E-state index contributed by atoms with van der Waals surface area (Å²) in [6.07, 6.45) is 0.860. The number of aliphatic carboxylic acids is 1.